The second kappa shape index (κ2) is 3.69. The molecular formula is C9H6O2. The summed E-state index contributed by atoms with van der Waals surface area (Å²) in [6, 6.07) is 0. The van der Waals surface area contributed by atoms with E-state index in [-0.39, 0.29) is 18.8 Å². The molecule has 0 amide bonds. The van der Waals surface area contributed by atoms with E-state index in [1.807, 2.05) is 0 Å². The van der Waals surface area contributed by atoms with Crippen molar-refractivity contribution < 1.29 is 9.84 Å². The molecule has 0 spiro atoms. The Morgan fingerprint density at radius 1 is 1.36 bits per heavy atom. The molecule has 1 heterocycles. The Bertz CT molecular complexity index is 289. The Balaban J connectivity index is 2.31. The lowest BCUT2D eigenvalue weighted by Gasteiger charge is -1.73. The average molecular weight is 146 g/mol. The van der Waals surface area contributed by atoms with Gasteiger partial charge in [0.25, 0.3) is 0 Å². The Morgan fingerprint density at radius 3 is 2.73 bits per heavy atom. The fraction of sp³-hybridized carbons (Fsp3) is 0.333. The minimum absolute atomic E-state index is 0.0158. The van der Waals surface area contributed by atoms with Gasteiger partial charge in [-0.3, -0.25) is 0 Å². The number of rotatable bonds is 1. The highest BCUT2D eigenvalue weighted by Gasteiger charge is 2.36. The molecule has 0 aromatic carbocycles. The first-order valence-corrected chi connectivity index (χ1v) is 3.11. The highest BCUT2D eigenvalue weighted by molar-refractivity contribution is 5.35. The molecule has 2 atom stereocenters. The van der Waals surface area contributed by atoms with Crippen LogP contribution in [0.4, 0.5) is 0 Å². The maximum atomic E-state index is 8.52. The van der Waals surface area contributed by atoms with Gasteiger partial charge in [0.05, 0.1) is 6.61 Å². The first-order chi connectivity index (χ1) is 5.38. The van der Waals surface area contributed by atoms with Gasteiger partial charge in [0.2, 0.25) is 0 Å². The number of hydrogen-bond acceptors (Lipinski definition) is 2. The lowest BCUT2D eigenvalue weighted by molar-refractivity contribution is 0.243. The summed E-state index contributed by atoms with van der Waals surface area (Å²) in [5.41, 5.74) is 0. The molecule has 0 bridgehead atoms. The second-order valence-corrected chi connectivity index (χ2v) is 1.94. The molecule has 1 fully saturated rings. The van der Waals surface area contributed by atoms with Gasteiger partial charge in [0, 0.05) is 0 Å². The van der Waals surface area contributed by atoms with Crippen molar-refractivity contribution in [2.45, 2.75) is 12.2 Å². The molecule has 2 nitrogen and oxygen atoms in total. The zero-order chi connectivity index (χ0) is 8.10. The molecule has 1 N–H and O–H groups in total. The number of aliphatic hydroxyl groups is 1. The van der Waals surface area contributed by atoms with Crippen molar-refractivity contribution in [3.05, 3.63) is 0 Å². The van der Waals surface area contributed by atoms with Gasteiger partial charge >= 0.3 is 0 Å². The molecule has 0 aromatic rings. The van der Waals surface area contributed by atoms with Crippen molar-refractivity contribution in [3.63, 3.8) is 0 Å². The van der Waals surface area contributed by atoms with Crippen LogP contribution in [0.1, 0.15) is 0 Å². The van der Waals surface area contributed by atoms with E-state index in [1.54, 1.807) is 0 Å². The summed E-state index contributed by atoms with van der Waals surface area (Å²) in [5.74, 6) is 12.1. The molecule has 1 aliphatic heterocycles. The third-order valence-electron chi connectivity index (χ3n) is 1.17. The minimum atomic E-state index is -0.146. The van der Waals surface area contributed by atoms with Crippen LogP contribution in [0.2, 0.25) is 0 Å². The molecule has 0 aromatic heterocycles. The smallest absolute Gasteiger partial charge is 0.148 e. The van der Waals surface area contributed by atoms with Crippen LogP contribution < -0.4 is 0 Å². The zero-order valence-electron chi connectivity index (χ0n) is 5.79. The normalized spacial score (nSPS) is 25.1. The predicted molar refractivity (Wildman–Crippen MR) is 40.1 cm³/mol. The van der Waals surface area contributed by atoms with Gasteiger partial charge in [-0.25, -0.2) is 0 Å². The molecule has 1 saturated heterocycles. The maximum Gasteiger partial charge on any atom is 0.148 e. The lowest BCUT2D eigenvalue weighted by atomic mass is 10.3. The fourth-order valence-electron chi connectivity index (χ4n) is 0.583. The molecule has 2 heteroatoms. The van der Waals surface area contributed by atoms with Gasteiger partial charge in [-0.05, 0) is 23.7 Å². The first kappa shape index (κ1) is 7.70. The third kappa shape index (κ3) is 2.36. The third-order valence-corrected chi connectivity index (χ3v) is 1.17. The highest BCUT2D eigenvalue weighted by Crippen LogP contribution is 2.19. The Hall–Kier alpha value is -1.40. The van der Waals surface area contributed by atoms with E-state index < -0.39 is 0 Å². The molecule has 1 aliphatic rings. The summed E-state index contributed by atoms with van der Waals surface area (Å²) in [6.07, 6.45) is 4.59. The van der Waals surface area contributed by atoms with Gasteiger partial charge in [0.15, 0.2) is 0 Å². The number of epoxide rings is 1. The summed E-state index contributed by atoms with van der Waals surface area (Å²) < 4.78 is 4.90. The summed E-state index contributed by atoms with van der Waals surface area (Å²) >= 11 is 0. The van der Waals surface area contributed by atoms with Crippen molar-refractivity contribution in [1.82, 2.24) is 0 Å². The number of hydrogen-bond donors (Lipinski definition) is 1. The average Bonchev–Trinajstić information content (AvgIpc) is 2.77. The van der Waals surface area contributed by atoms with E-state index in [9.17, 15) is 0 Å². The van der Waals surface area contributed by atoms with Crippen LogP contribution in [0.3, 0.4) is 0 Å². The zero-order valence-corrected chi connectivity index (χ0v) is 5.79. The first-order valence-electron chi connectivity index (χ1n) is 3.11. The van der Waals surface area contributed by atoms with Crippen LogP contribution >= 0.6 is 0 Å². The van der Waals surface area contributed by atoms with Gasteiger partial charge in [-0.2, -0.15) is 0 Å². The van der Waals surface area contributed by atoms with Crippen LogP contribution in [0.5, 0.6) is 0 Å². The molecule has 11 heavy (non-hydrogen) atoms. The van der Waals surface area contributed by atoms with Crippen LogP contribution in [0.15, 0.2) is 0 Å². The van der Waals surface area contributed by atoms with E-state index in [2.05, 4.69) is 29.6 Å². The monoisotopic (exact) mass is 146 g/mol. The van der Waals surface area contributed by atoms with E-state index in [1.165, 1.54) is 0 Å². The molecule has 54 valence electrons. The summed E-state index contributed by atoms with van der Waals surface area (Å²) in [7, 11) is 0. The maximum absolute atomic E-state index is 8.52. The summed E-state index contributed by atoms with van der Waals surface area (Å²) in [6.45, 7) is 0.0158. The second-order valence-electron chi connectivity index (χ2n) is 1.94. The molecule has 0 saturated carbocycles. The van der Waals surface area contributed by atoms with Gasteiger partial charge in [-0.1, -0.05) is 5.92 Å². The van der Waals surface area contributed by atoms with E-state index in [0.717, 1.165) is 0 Å². The van der Waals surface area contributed by atoms with Crippen LogP contribution in [-0.4, -0.2) is 23.9 Å². The standard InChI is InChI=1S/C9H6O2/c1-2-3-4-5-6-8-9(7-10)11-8/h1,8-10H,7H2. The van der Waals surface area contributed by atoms with Crippen molar-refractivity contribution >= 4 is 0 Å². The molecule has 2 unspecified atom stereocenters. The van der Waals surface area contributed by atoms with Crippen molar-refractivity contribution in [1.29, 1.82) is 0 Å². The van der Waals surface area contributed by atoms with Crippen LogP contribution in [-0.2, 0) is 4.74 Å². The fourth-order valence-corrected chi connectivity index (χ4v) is 0.583. The number of ether oxygens (including phenoxy) is 1. The van der Waals surface area contributed by atoms with Gasteiger partial charge in [0.1, 0.15) is 12.2 Å². The SMILES string of the molecule is C#CC#CC#CC1OC1CO. The number of aliphatic hydroxyl groups excluding tert-OH is 1. The Labute approximate surface area is 65.6 Å². The topological polar surface area (TPSA) is 32.8 Å². The van der Waals surface area contributed by atoms with Gasteiger partial charge < -0.3 is 9.84 Å². The highest BCUT2D eigenvalue weighted by atomic mass is 16.6. The van der Waals surface area contributed by atoms with E-state index in [0.29, 0.717) is 0 Å². The van der Waals surface area contributed by atoms with Gasteiger partial charge in [-0.15, -0.1) is 6.42 Å². The Morgan fingerprint density at radius 2 is 2.18 bits per heavy atom. The van der Waals surface area contributed by atoms with Crippen molar-refractivity contribution in [2.75, 3.05) is 6.61 Å². The van der Waals surface area contributed by atoms with Crippen molar-refractivity contribution in [2.24, 2.45) is 0 Å². The Kier molecular flexibility index (Phi) is 2.59. The van der Waals surface area contributed by atoms with Crippen LogP contribution in [0, 0.1) is 36.0 Å². The quantitative estimate of drug-likeness (QED) is 0.395. The summed E-state index contributed by atoms with van der Waals surface area (Å²) in [5, 5.41) is 8.52. The minimum Gasteiger partial charge on any atom is -0.394 e. The predicted octanol–water partition coefficient (Wildman–Crippen LogP) is -0.614. The molecule has 1 rings (SSSR count). The number of terminal acetylenes is 1. The molecule has 0 radical (unpaired) electrons. The van der Waals surface area contributed by atoms with Crippen molar-refractivity contribution in [3.8, 4) is 36.0 Å². The molecule has 0 aliphatic carbocycles. The lowest BCUT2D eigenvalue weighted by Crippen LogP contribution is -1.95. The van der Waals surface area contributed by atoms with E-state index in [4.69, 9.17) is 16.3 Å². The van der Waals surface area contributed by atoms with E-state index >= 15 is 0 Å². The largest absolute Gasteiger partial charge is 0.394 e. The van der Waals surface area contributed by atoms with Crippen LogP contribution in [0.25, 0.3) is 0 Å². The summed E-state index contributed by atoms with van der Waals surface area (Å²) in [4.78, 5) is 0. The molecular weight excluding hydrogens is 140 g/mol.